The largest absolute Gasteiger partial charge is 0.375 e. The number of carbonyl (C=O) groups excluding carboxylic acids is 1. The zero-order chi connectivity index (χ0) is 13.9. The van der Waals surface area contributed by atoms with Gasteiger partial charge in [-0.3, -0.25) is 4.79 Å². The first-order valence-electron chi connectivity index (χ1n) is 7.12. The van der Waals surface area contributed by atoms with Gasteiger partial charge in [0.1, 0.15) is 0 Å². The molecule has 1 aliphatic carbocycles. The van der Waals surface area contributed by atoms with Crippen LogP contribution in [0.15, 0.2) is 18.2 Å². The molecule has 1 unspecified atom stereocenters. The van der Waals surface area contributed by atoms with Crippen molar-refractivity contribution in [1.82, 2.24) is 10.6 Å². The second kappa shape index (κ2) is 6.12. The third kappa shape index (κ3) is 3.14. The molecule has 5 heteroatoms. The van der Waals surface area contributed by atoms with Crippen LogP contribution in [0.1, 0.15) is 30.0 Å². The van der Waals surface area contributed by atoms with E-state index in [2.05, 4.69) is 10.6 Å². The third-order valence-corrected chi connectivity index (χ3v) is 4.17. The molecule has 3 rings (SSSR count). The van der Waals surface area contributed by atoms with Gasteiger partial charge in [0.25, 0.3) is 0 Å². The molecule has 4 nitrogen and oxygen atoms in total. The van der Waals surface area contributed by atoms with E-state index in [0.717, 1.165) is 31.0 Å². The van der Waals surface area contributed by atoms with Gasteiger partial charge in [0.05, 0.1) is 25.2 Å². The van der Waals surface area contributed by atoms with Crippen LogP contribution in [0, 0.1) is 0 Å². The van der Waals surface area contributed by atoms with Crippen molar-refractivity contribution in [3.05, 3.63) is 34.3 Å². The molecular weight excluding hydrogens is 276 g/mol. The minimum absolute atomic E-state index is 0.00478. The summed E-state index contributed by atoms with van der Waals surface area (Å²) in [5.41, 5.74) is 2.45. The summed E-state index contributed by atoms with van der Waals surface area (Å²) >= 11 is 5.99. The molecule has 1 aromatic rings. The minimum Gasteiger partial charge on any atom is -0.375 e. The fraction of sp³-hybridized carbons (Fsp3) is 0.533. The Kier molecular flexibility index (Phi) is 4.24. The second-order valence-corrected chi connectivity index (χ2v) is 5.84. The predicted octanol–water partition coefficient (Wildman–Crippen LogP) is 1.82. The standard InChI is InChI=1S/C15H19ClN2O2/c16-11-2-3-13-10(7-11)1-4-14(13)18-15(19)8-12-9-17-5-6-20-12/h2-3,7,12,14,17H,1,4-6,8-9H2,(H,18,19)/t12?,14-/m0/s1. The molecule has 0 spiro atoms. The van der Waals surface area contributed by atoms with Crippen LogP contribution in [0.5, 0.6) is 0 Å². The fourth-order valence-electron chi connectivity index (χ4n) is 2.95. The van der Waals surface area contributed by atoms with Gasteiger partial charge in [-0.2, -0.15) is 0 Å². The third-order valence-electron chi connectivity index (χ3n) is 3.94. The summed E-state index contributed by atoms with van der Waals surface area (Å²) < 4.78 is 5.56. The van der Waals surface area contributed by atoms with Gasteiger partial charge in [0.15, 0.2) is 0 Å². The van der Waals surface area contributed by atoms with Crippen molar-refractivity contribution in [3.8, 4) is 0 Å². The lowest BCUT2D eigenvalue weighted by molar-refractivity contribution is -0.125. The normalized spacial score (nSPS) is 25.2. The molecule has 1 aromatic carbocycles. The van der Waals surface area contributed by atoms with Gasteiger partial charge >= 0.3 is 0 Å². The molecule has 0 saturated carbocycles. The number of morpholine rings is 1. The Morgan fingerprint density at radius 1 is 1.50 bits per heavy atom. The Balaban J connectivity index is 1.58. The van der Waals surface area contributed by atoms with E-state index in [9.17, 15) is 4.79 Å². The van der Waals surface area contributed by atoms with Crippen LogP contribution in [0.2, 0.25) is 5.02 Å². The number of hydrogen-bond acceptors (Lipinski definition) is 3. The van der Waals surface area contributed by atoms with E-state index in [1.807, 2.05) is 18.2 Å². The number of rotatable bonds is 3. The van der Waals surface area contributed by atoms with E-state index in [1.165, 1.54) is 11.1 Å². The van der Waals surface area contributed by atoms with Gasteiger partial charge in [-0.05, 0) is 36.1 Å². The van der Waals surface area contributed by atoms with Crippen molar-refractivity contribution >= 4 is 17.5 Å². The van der Waals surface area contributed by atoms with Crippen LogP contribution in [0.3, 0.4) is 0 Å². The molecule has 1 fully saturated rings. The lowest BCUT2D eigenvalue weighted by Crippen LogP contribution is -2.41. The van der Waals surface area contributed by atoms with Crippen molar-refractivity contribution in [3.63, 3.8) is 0 Å². The van der Waals surface area contributed by atoms with E-state index in [4.69, 9.17) is 16.3 Å². The van der Waals surface area contributed by atoms with Crippen LogP contribution in [0.25, 0.3) is 0 Å². The monoisotopic (exact) mass is 294 g/mol. The Bertz CT molecular complexity index is 501. The van der Waals surface area contributed by atoms with Gasteiger partial charge in [-0.15, -0.1) is 0 Å². The van der Waals surface area contributed by atoms with E-state index < -0.39 is 0 Å². The van der Waals surface area contributed by atoms with E-state index in [0.29, 0.717) is 13.0 Å². The highest BCUT2D eigenvalue weighted by atomic mass is 35.5. The number of halogens is 1. The second-order valence-electron chi connectivity index (χ2n) is 5.40. The quantitative estimate of drug-likeness (QED) is 0.894. The maximum atomic E-state index is 12.1. The lowest BCUT2D eigenvalue weighted by atomic mass is 10.1. The molecule has 1 saturated heterocycles. The van der Waals surface area contributed by atoms with Crippen LogP contribution in [0.4, 0.5) is 0 Å². The van der Waals surface area contributed by atoms with Gasteiger partial charge < -0.3 is 15.4 Å². The fourth-order valence-corrected chi connectivity index (χ4v) is 3.14. The molecule has 20 heavy (non-hydrogen) atoms. The molecule has 1 amide bonds. The SMILES string of the molecule is O=C(CC1CNCCO1)N[C@H]1CCc2cc(Cl)ccc21. The summed E-state index contributed by atoms with van der Waals surface area (Å²) in [6.45, 7) is 2.31. The van der Waals surface area contributed by atoms with E-state index >= 15 is 0 Å². The topological polar surface area (TPSA) is 50.4 Å². The number of ether oxygens (including phenoxy) is 1. The maximum absolute atomic E-state index is 12.1. The number of carbonyl (C=O) groups is 1. The first-order valence-corrected chi connectivity index (χ1v) is 7.50. The predicted molar refractivity (Wildman–Crippen MR) is 77.9 cm³/mol. The minimum atomic E-state index is -0.00478. The van der Waals surface area contributed by atoms with Gasteiger partial charge in [-0.25, -0.2) is 0 Å². The molecule has 0 aromatic heterocycles. The molecule has 1 aliphatic heterocycles. The molecule has 2 atom stereocenters. The average molecular weight is 295 g/mol. The highest BCUT2D eigenvalue weighted by Crippen LogP contribution is 2.32. The number of hydrogen-bond donors (Lipinski definition) is 2. The summed E-state index contributed by atoms with van der Waals surface area (Å²) in [5, 5.41) is 7.11. The highest BCUT2D eigenvalue weighted by molar-refractivity contribution is 6.30. The zero-order valence-corrected chi connectivity index (χ0v) is 12.1. The molecule has 108 valence electrons. The molecule has 0 radical (unpaired) electrons. The van der Waals surface area contributed by atoms with E-state index in [-0.39, 0.29) is 18.1 Å². The van der Waals surface area contributed by atoms with Crippen LogP contribution < -0.4 is 10.6 Å². The van der Waals surface area contributed by atoms with Crippen molar-refractivity contribution in [2.45, 2.75) is 31.4 Å². The van der Waals surface area contributed by atoms with Crippen LogP contribution >= 0.6 is 11.6 Å². The van der Waals surface area contributed by atoms with E-state index in [1.54, 1.807) is 0 Å². The lowest BCUT2D eigenvalue weighted by Gasteiger charge is -2.24. The average Bonchev–Trinajstić information content (AvgIpc) is 2.82. The molecular formula is C15H19ClN2O2. The summed E-state index contributed by atoms with van der Waals surface area (Å²) in [5.74, 6) is 0.0616. The number of fused-ring (bicyclic) bond motifs is 1. The molecule has 1 heterocycles. The Morgan fingerprint density at radius 2 is 2.40 bits per heavy atom. The van der Waals surface area contributed by atoms with Gasteiger partial charge in [-0.1, -0.05) is 17.7 Å². The Labute approximate surface area is 123 Å². The summed E-state index contributed by atoms with van der Waals surface area (Å²) in [6.07, 6.45) is 2.34. The van der Waals surface area contributed by atoms with Crippen LogP contribution in [-0.2, 0) is 16.0 Å². The first kappa shape index (κ1) is 13.9. The van der Waals surface area contributed by atoms with Crippen LogP contribution in [-0.4, -0.2) is 31.7 Å². The molecule has 0 bridgehead atoms. The Hall–Kier alpha value is -1.10. The van der Waals surface area contributed by atoms with Gasteiger partial charge in [0, 0.05) is 18.1 Å². The number of benzene rings is 1. The van der Waals surface area contributed by atoms with Gasteiger partial charge in [0.2, 0.25) is 5.91 Å². The Morgan fingerprint density at radius 3 is 3.20 bits per heavy atom. The molecule has 2 aliphatic rings. The highest BCUT2D eigenvalue weighted by Gasteiger charge is 2.25. The van der Waals surface area contributed by atoms with Crippen molar-refractivity contribution < 1.29 is 9.53 Å². The number of amides is 1. The van der Waals surface area contributed by atoms with Crippen molar-refractivity contribution in [1.29, 1.82) is 0 Å². The summed E-state index contributed by atoms with van der Waals surface area (Å²) in [7, 11) is 0. The van der Waals surface area contributed by atoms with Crippen molar-refractivity contribution in [2.75, 3.05) is 19.7 Å². The zero-order valence-electron chi connectivity index (χ0n) is 11.3. The first-order chi connectivity index (χ1) is 9.72. The number of nitrogens with one attached hydrogen (secondary N) is 2. The summed E-state index contributed by atoms with van der Waals surface area (Å²) in [4.78, 5) is 12.1. The molecule has 2 N–H and O–H groups in total. The number of aryl methyl sites for hydroxylation is 1. The van der Waals surface area contributed by atoms with Crippen molar-refractivity contribution in [2.24, 2.45) is 0 Å². The maximum Gasteiger partial charge on any atom is 0.223 e. The smallest absolute Gasteiger partial charge is 0.223 e. The summed E-state index contributed by atoms with van der Waals surface area (Å²) in [6, 6.07) is 6.02.